The van der Waals surface area contributed by atoms with E-state index in [1.165, 1.54) is 0 Å². The molecule has 0 aromatic rings. The van der Waals surface area contributed by atoms with Crippen molar-refractivity contribution in [1.82, 2.24) is 6.15 Å². The molecule has 0 radical (unpaired) electrons. The van der Waals surface area contributed by atoms with Crippen molar-refractivity contribution < 1.29 is 50.6 Å². The zero-order chi connectivity index (χ0) is 13.5. The highest BCUT2D eigenvalue weighted by Gasteiger charge is 1.90. The maximum atomic E-state index is 10.2. The minimum Gasteiger partial charge on any atom is -0.344 e. The van der Waals surface area contributed by atoms with Crippen molar-refractivity contribution >= 4 is 31.5 Å². The van der Waals surface area contributed by atoms with E-state index < -0.39 is 31.5 Å². The van der Waals surface area contributed by atoms with Gasteiger partial charge in [-0.1, -0.05) is 11.7 Å². The Balaban J connectivity index is -0.0000000655. The van der Waals surface area contributed by atoms with Crippen molar-refractivity contribution in [2.45, 2.75) is 0 Å². The highest BCUT2D eigenvalue weighted by atomic mass is 32.3. The first-order chi connectivity index (χ1) is 6.00. The van der Waals surface area contributed by atoms with Crippen molar-refractivity contribution in [2.75, 3.05) is 0 Å². The van der Waals surface area contributed by atoms with Crippen LogP contribution in [0.4, 0.5) is 11.7 Å². The van der Waals surface area contributed by atoms with Crippen molar-refractivity contribution in [3.05, 3.63) is 0 Å². The quantitative estimate of drug-likeness (QED) is 0.331. The van der Waals surface area contributed by atoms with Crippen LogP contribution in [0.5, 0.6) is 0 Å². The van der Waals surface area contributed by atoms with Gasteiger partial charge < -0.3 is 6.15 Å². The molecule has 16 heteroatoms. The van der Waals surface area contributed by atoms with Crippen LogP contribution in [0.2, 0.25) is 0 Å². The largest absolute Gasteiger partial charge is 0.435 e. The highest BCUT2D eigenvalue weighted by Crippen LogP contribution is 1.74. The first-order valence-corrected chi connectivity index (χ1v) is 6.03. The third-order valence-electron chi connectivity index (χ3n) is 0. The molecule has 0 aromatic heterocycles. The van der Waals surface area contributed by atoms with E-state index in [0.29, 0.717) is 0 Å². The molecule has 104 valence electrons. The molecule has 0 bridgehead atoms. The molecule has 0 saturated heterocycles. The van der Waals surface area contributed by atoms with Gasteiger partial charge in [-0.25, -0.2) is 0 Å². The van der Waals surface area contributed by atoms with Gasteiger partial charge in [0.05, 0.1) is 0 Å². The van der Waals surface area contributed by atoms with Gasteiger partial charge >= 0.3 is 31.5 Å². The topological polar surface area (TPSA) is 198 Å². The van der Waals surface area contributed by atoms with Crippen LogP contribution in [0.15, 0.2) is 0 Å². The van der Waals surface area contributed by atoms with E-state index in [1.54, 1.807) is 0 Å². The van der Waals surface area contributed by atoms with Gasteiger partial charge in [0.15, 0.2) is 0 Å². The van der Waals surface area contributed by atoms with Crippen LogP contribution < -0.4 is 6.15 Å². The van der Waals surface area contributed by atoms with Crippen LogP contribution in [0.1, 0.15) is 0 Å². The predicted octanol–water partition coefficient (Wildman–Crippen LogP) is -0.562. The summed E-state index contributed by atoms with van der Waals surface area (Å²) in [5, 5.41) is 0. The minimum absolute atomic E-state index is 0. The standard InChI is InChI=1S/3FHO3S.H3N/c3*1-5(2,3)4;/h3*(H,2,3,4);1H3. The Kier molecular flexibility index (Phi) is 13.3. The summed E-state index contributed by atoms with van der Waals surface area (Å²) in [4.78, 5) is 0. The van der Waals surface area contributed by atoms with E-state index in [4.69, 9.17) is 38.9 Å². The van der Waals surface area contributed by atoms with Crippen LogP contribution in [0.3, 0.4) is 0 Å². The van der Waals surface area contributed by atoms with E-state index >= 15 is 0 Å². The van der Waals surface area contributed by atoms with Crippen LogP contribution in [0, 0.1) is 0 Å². The fourth-order valence-corrected chi connectivity index (χ4v) is 0. The lowest BCUT2D eigenvalue weighted by molar-refractivity contribution is 0.432. The third kappa shape index (κ3) is 7760. The Morgan fingerprint density at radius 1 is 0.562 bits per heavy atom. The molecule has 0 unspecified atom stereocenters. The lowest BCUT2D eigenvalue weighted by atomic mass is 14.0. The molecule has 0 fully saturated rings. The molecule has 0 amide bonds. The van der Waals surface area contributed by atoms with Gasteiger partial charge in [-0.3, -0.25) is 13.7 Å². The molecule has 16 heavy (non-hydrogen) atoms. The first kappa shape index (κ1) is 24.6. The molecule has 0 spiro atoms. The third-order valence-corrected chi connectivity index (χ3v) is 0. The maximum Gasteiger partial charge on any atom is 0.435 e. The lowest BCUT2D eigenvalue weighted by Gasteiger charge is -1.63. The van der Waals surface area contributed by atoms with Crippen LogP contribution in [-0.4, -0.2) is 38.9 Å². The Bertz CT molecular complexity index is 347. The lowest BCUT2D eigenvalue weighted by Crippen LogP contribution is -1.80. The van der Waals surface area contributed by atoms with Crippen molar-refractivity contribution in [1.29, 1.82) is 0 Å². The predicted molar refractivity (Wildman–Crippen MR) is 43.0 cm³/mol. The second-order valence-electron chi connectivity index (χ2n) is 1.24. The van der Waals surface area contributed by atoms with Gasteiger partial charge in [-0.15, -0.1) is 0 Å². The van der Waals surface area contributed by atoms with E-state index in [0.717, 1.165) is 0 Å². The molecule has 6 N–H and O–H groups in total. The molecule has 0 rings (SSSR count). The fourth-order valence-electron chi connectivity index (χ4n) is 0. The van der Waals surface area contributed by atoms with Gasteiger partial charge in [-0.2, -0.15) is 25.3 Å². The maximum absolute atomic E-state index is 10.2. The second-order valence-corrected chi connectivity index (χ2v) is 3.71. The molecular formula is H6F3NO9S3. The molecular weight excluding hydrogens is 311 g/mol. The first-order valence-electron chi connectivity index (χ1n) is 2.01. The van der Waals surface area contributed by atoms with Crippen molar-refractivity contribution in [3.63, 3.8) is 0 Å². The molecule has 0 aliphatic rings. The summed E-state index contributed by atoms with van der Waals surface area (Å²) in [6.07, 6.45) is 0. The molecule has 0 saturated carbocycles. The Morgan fingerprint density at radius 3 is 0.562 bits per heavy atom. The zero-order valence-electron chi connectivity index (χ0n) is 6.86. The summed E-state index contributed by atoms with van der Waals surface area (Å²) < 4.78 is 102. The number of rotatable bonds is 0. The van der Waals surface area contributed by atoms with Gasteiger partial charge in [0, 0.05) is 0 Å². The summed E-state index contributed by atoms with van der Waals surface area (Å²) in [5.41, 5.74) is 0. The van der Waals surface area contributed by atoms with E-state index in [1.807, 2.05) is 0 Å². The van der Waals surface area contributed by atoms with Gasteiger partial charge in [0.2, 0.25) is 0 Å². The molecule has 0 aliphatic heterocycles. The van der Waals surface area contributed by atoms with Crippen LogP contribution >= 0.6 is 0 Å². The SMILES string of the molecule is N.O=S(=O)(O)F.O=S(=O)(O)F.O=S(=O)(O)F. The summed E-state index contributed by atoms with van der Waals surface area (Å²) >= 11 is 0. The monoisotopic (exact) mass is 317 g/mol. The minimum atomic E-state index is -5.17. The summed E-state index contributed by atoms with van der Waals surface area (Å²) in [5.74, 6) is 0. The molecule has 0 atom stereocenters. The smallest absolute Gasteiger partial charge is 0.344 e. The Labute approximate surface area is 88.8 Å². The number of hydrogen-bond acceptors (Lipinski definition) is 7. The van der Waals surface area contributed by atoms with E-state index in [9.17, 15) is 11.7 Å². The summed E-state index contributed by atoms with van der Waals surface area (Å²) in [6, 6.07) is 0. The zero-order valence-corrected chi connectivity index (χ0v) is 9.31. The Morgan fingerprint density at radius 2 is 0.562 bits per heavy atom. The van der Waals surface area contributed by atoms with Gasteiger partial charge in [-0.05, 0) is 0 Å². The second kappa shape index (κ2) is 8.61. The van der Waals surface area contributed by atoms with Crippen molar-refractivity contribution in [2.24, 2.45) is 0 Å². The molecule has 0 aromatic carbocycles. The molecule has 0 aliphatic carbocycles. The Hall–Kier alpha value is -0.520. The highest BCUT2D eigenvalue weighted by molar-refractivity contribution is 7.80. The average Bonchev–Trinajstić information content (AvgIpc) is 1.41. The van der Waals surface area contributed by atoms with Crippen LogP contribution in [-0.2, 0) is 31.5 Å². The summed E-state index contributed by atoms with van der Waals surface area (Å²) in [7, 11) is -15.5. The van der Waals surface area contributed by atoms with Crippen LogP contribution in [0.25, 0.3) is 0 Å². The van der Waals surface area contributed by atoms with E-state index in [-0.39, 0.29) is 6.15 Å². The number of halogens is 3. The van der Waals surface area contributed by atoms with Gasteiger partial charge in [0.25, 0.3) is 0 Å². The van der Waals surface area contributed by atoms with Gasteiger partial charge in [0.1, 0.15) is 0 Å². The normalized spacial score (nSPS) is 10.9. The molecule has 0 heterocycles. The average molecular weight is 317 g/mol. The van der Waals surface area contributed by atoms with E-state index in [2.05, 4.69) is 0 Å². The molecule has 10 nitrogen and oxygen atoms in total. The fraction of sp³-hybridized carbons (Fsp3) is 0. The summed E-state index contributed by atoms with van der Waals surface area (Å²) in [6.45, 7) is 0. The van der Waals surface area contributed by atoms with Crippen molar-refractivity contribution in [3.8, 4) is 0 Å². The number of hydrogen-bond donors (Lipinski definition) is 4.